The number of dihydropyridines is 1. The van der Waals surface area contributed by atoms with Crippen molar-refractivity contribution < 1.29 is 24.0 Å². The van der Waals surface area contributed by atoms with E-state index in [-0.39, 0.29) is 41.4 Å². The molecule has 2 aromatic carbocycles. The minimum atomic E-state index is -0.789. The highest BCUT2D eigenvalue weighted by Crippen LogP contribution is 2.47. The van der Waals surface area contributed by atoms with Gasteiger partial charge in [-0.25, -0.2) is 4.79 Å². The Morgan fingerprint density at radius 1 is 1.19 bits per heavy atom. The molecule has 0 saturated carbocycles. The number of nitrogens with zero attached hydrogens (tertiary/aromatic N) is 1. The number of Topliss-reactive ketones (excluding diaryl/α,β-unsaturated/α-hetero) is 1. The lowest BCUT2D eigenvalue weighted by Crippen LogP contribution is -2.38. The highest BCUT2D eigenvalue weighted by Gasteiger charge is 2.43. The quantitative estimate of drug-likeness (QED) is 0.269. The summed E-state index contributed by atoms with van der Waals surface area (Å²) in [5.74, 6) is -1.36. The van der Waals surface area contributed by atoms with Gasteiger partial charge in [-0.2, -0.15) is 0 Å². The maximum absolute atomic E-state index is 13.4. The summed E-state index contributed by atoms with van der Waals surface area (Å²) >= 11 is 5.93. The summed E-state index contributed by atoms with van der Waals surface area (Å²) in [6.07, 6.45) is 0.923. The van der Waals surface area contributed by atoms with Crippen LogP contribution < -0.4 is 10.1 Å². The number of nitro benzene ring substituents is 1. The first-order chi connectivity index (χ1) is 17.5. The fourth-order valence-corrected chi connectivity index (χ4v) is 5.10. The number of esters is 1. The van der Waals surface area contributed by atoms with Gasteiger partial charge in [-0.1, -0.05) is 43.6 Å². The van der Waals surface area contributed by atoms with Gasteiger partial charge in [0.1, 0.15) is 6.61 Å². The maximum Gasteiger partial charge on any atom is 0.336 e. The minimum absolute atomic E-state index is 0.0846. The van der Waals surface area contributed by atoms with Crippen LogP contribution in [0.1, 0.15) is 57.6 Å². The first kappa shape index (κ1) is 26.4. The van der Waals surface area contributed by atoms with Crippen molar-refractivity contribution in [1.82, 2.24) is 5.32 Å². The number of hydrogen-bond acceptors (Lipinski definition) is 7. The number of allylic oxidation sites excluding steroid dienone is 3. The topological polar surface area (TPSA) is 108 Å². The summed E-state index contributed by atoms with van der Waals surface area (Å²) < 4.78 is 11.1. The van der Waals surface area contributed by atoms with Crippen LogP contribution in [0.25, 0.3) is 0 Å². The van der Waals surface area contributed by atoms with Crippen LogP contribution in [-0.2, 0) is 20.9 Å². The Bertz CT molecular complexity index is 1330. The van der Waals surface area contributed by atoms with Crippen LogP contribution >= 0.6 is 11.6 Å². The molecule has 0 bridgehead atoms. The monoisotopic (exact) mass is 524 g/mol. The van der Waals surface area contributed by atoms with Crippen LogP contribution in [0.2, 0.25) is 5.02 Å². The largest absolute Gasteiger partial charge is 0.482 e. The van der Waals surface area contributed by atoms with Gasteiger partial charge in [-0.15, -0.1) is 0 Å². The van der Waals surface area contributed by atoms with Gasteiger partial charge in [-0.3, -0.25) is 14.9 Å². The van der Waals surface area contributed by atoms with Crippen molar-refractivity contribution in [2.45, 2.75) is 53.1 Å². The summed E-state index contributed by atoms with van der Waals surface area (Å²) in [7, 11) is 0. The molecule has 4 rings (SSSR count). The van der Waals surface area contributed by atoms with Gasteiger partial charge < -0.3 is 14.8 Å². The van der Waals surface area contributed by atoms with Crippen molar-refractivity contribution in [3.63, 3.8) is 0 Å². The highest BCUT2D eigenvalue weighted by molar-refractivity contribution is 6.30. The number of nitro groups is 1. The van der Waals surface area contributed by atoms with Crippen LogP contribution in [0.15, 0.2) is 65.0 Å². The van der Waals surface area contributed by atoms with Crippen LogP contribution in [0, 0.1) is 15.5 Å². The molecule has 0 fully saturated rings. The zero-order valence-electron chi connectivity index (χ0n) is 21.2. The van der Waals surface area contributed by atoms with E-state index in [0.717, 1.165) is 11.3 Å². The molecule has 0 spiro atoms. The van der Waals surface area contributed by atoms with E-state index in [2.05, 4.69) is 5.32 Å². The third kappa shape index (κ3) is 5.54. The molecule has 8 nitrogen and oxygen atoms in total. The number of hydrogen-bond donors (Lipinski definition) is 1. The summed E-state index contributed by atoms with van der Waals surface area (Å²) in [4.78, 5) is 38.0. The Hall–Kier alpha value is -3.65. The van der Waals surface area contributed by atoms with Gasteiger partial charge in [0.15, 0.2) is 11.5 Å². The molecule has 9 heteroatoms. The molecule has 2 aliphatic rings. The van der Waals surface area contributed by atoms with Crippen molar-refractivity contribution in [3.05, 3.63) is 91.3 Å². The molecule has 1 aliphatic heterocycles. The maximum atomic E-state index is 13.4. The second kappa shape index (κ2) is 10.4. The van der Waals surface area contributed by atoms with E-state index in [9.17, 15) is 19.7 Å². The Morgan fingerprint density at radius 2 is 1.89 bits per heavy atom. The zero-order valence-corrected chi connectivity index (χ0v) is 22.0. The van der Waals surface area contributed by atoms with E-state index >= 15 is 0 Å². The van der Waals surface area contributed by atoms with Gasteiger partial charge in [-0.05, 0) is 55.0 Å². The molecule has 1 N–H and O–H groups in total. The molecular formula is C28H29ClN2O6. The lowest BCUT2D eigenvalue weighted by atomic mass is 9.68. The van der Waals surface area contributed by atoms with E-state index in [1.54, 1.807) is 44.2 Å². The third-order valence-electron chi connectivity index (χ3n) is 6.56. The summed E-state index contributed by atoms with van der Waals surface area (Å²) in [5.41, 5.74) is 2.79. The number of ether oxygens (including phenoxy) is 2. The van der Waals surface area contributed by atoms with E-state index in [4.69, 9.17) is 21.1 Å². The van der Waals surface area contributed by atoms with Crippen LogP contribution in [0.3, 0.4) is 0 Å². The lowest BCUT2D eigenvalue weighted by molar-refractivity contribution is -0.386. The number of rotatable bonds is 7. The smallest absolute Gasteiger partial charge is 0.336 e. The Kier molecular flexibility index (Phi) is 7.41. The molecule has 0 radical (unpaired) electrons. The van der Waals surface area contributed by atoms with Crippen LogP contribution in [0.4, 0.5) is 5.69 Å². The molecule has 0 amide bonds. The number of halogens is 1. The van der Waals surface area contributed by atoms with E-state index in [0.29, 0.717) is 34.7 Å². The number of benzene rings is 2. The summed E-state index contributed by atoms with van der Waals surface area (Å²) in [6.45, 7) is 7.77. The van der Waals surface area contributed by atoms with Crippen molar-refractivity contribution >= 4 is 29.0 Å². The number of carbonyl (C=O) groups is 2. The first-order valence-electron chi connectivity index (χ1n) is 12.1. The number of carbonyl (C=O) groups excluding carboxylic acids is 2. The summed E-state index contributed by atoms with van der Waals surface area (Å²) in [5, 5.41) is 15.9. The Balaban J connectivity index is 1.78. The molecular weight excluding hydrogens is 496 g/mol. The van der Waals surface area contributed by atoms with E-state index < -0.39 is 16.8 Å². The molecule has 1 aliphatic carbocycles. The third-order valence-corrected chi connectivity index (χ3v) is 6.81. The molecule has 2 aromatic rings. The second-order valence-electron chi connectivity index (χ2n) is 10.0. The number of ketones is 1. The Labute approximate surface area is 220 Å². The van der Waals surface area contributed by atoms with Crippen molar-refractivity contribution in [3.8, 4) is 5.75 Å². The van der Waals surface area contributed by atoms with Gasteiger partial charge in [0.05, 0.1) is 17.1 Å². The molecule has 0 aromatic heterocycles. The summed E-state index contributed by atoms with van der Waals surface area (Å²) in [6, 6.07) is 11.6. The normalized spacial score (nSPS) is 18.7. The first-order valence-corrected chi connectivity index (χ1v) is 12.4. The Morgan fingerprint density at radius 3 is 2.54 bits per heavy atom. The fraction of sp³-hybridized carbons (Fsp3) is 0.357. The molecule has 37 heavy (non-hydrogen) atoms. The number of nitrogens with one attached hydrogen (secondary N) is 1. The predicted octanol–water partition coefficient (Wildman–Crippen LogP) is 5.99. The molecule has 1 heterocycles. The zero-order chi connectivity index (χ0) is 26.9. The predicted molar refractivity (Wildman–Crippen MR) is 139 cm³/mol. The molecule has 194 valence electrons. The molecule has 1 atom stereocenters. The van der Waals surface area contributed by atoms with Crippen LogP contribution in [-0.4, -0.2) is 23.3 Å². The van der Waals surface area contributed by atoms with Crippen molar-refractivity contribution in [1.29, 1.82) is 0 Å². The van der Waals surface area contributed by atoms with Crippen LogP contribution in [0.5, 0.6) is 5.75 Å². The second-order valence-corrected chi connectivity index (χ2v) is 10.5. The van der Waals surface area contributed by atoms with E-state index in [1.807, 2.05) is 13.8 Å². The van der Waals surface area contributed by atoms with Crippen molar-refractivity contribution in [2.24, 2.45) is 5.41 Å². The van der Waals surface area contributed by atoms with Gasteiger partial charge >= 0.3 is 11.7 Å². The van der Waals surface area contributed by atoms with Crippen molar-refractivity contribution in [2.75, 3.05) is 6.61 Å². The average molecular weight is 525 g/mol. The average Bonchev–Trinajstić information content (AvgIpc) is 2.82. The fourth-order valence-electron chi connectivity index (χ4n) is 4.97. The standard InChI is InChI=1S/C28H29ClN2O6/c1-5-36-27(33)24-16(2)30-20-13-28(3,4)14-22(32)26(20)25(24)18-8-11-23(21(12-18)31(34)35)37-15-17-6-9-19(29)10-7-17/h6-12,25,30H,5,13-15H2,1-4H3/t25-/m0/s1. The highest BCUT2D eigenvalue weighted by atomic mass is 35.5. The van der Waals surface area contributed by atoms with Gasteiger partial charge in [0.25, 0.3) is 0 Å². The van der Waals surface area contributed by atoms with E-state index in [1.165, 1.54) is 12.1 Å². The van der Waals surface area contributed by atoms with Gasteiger partial charge in [0.2, 0.25) is 0 Å². The molecule has 0 unspecified atom stereocenters. The minimum Gasteiger partial charge on any atom is -0.482 e. The molecule has 0 saturated heterocycles. The van der Waals surface area contributed by atoms with Gasteiger partial charge in [0, 0.05) is 40.4 Å². The SMILES string of the molecule is CCOC(=O)C1=C(C)NC2=C(C(=O)CC(C)(C)C2)[C@H]1c1ccc(OCc2ccc(Cl)cc2)c([N+](=O)[O-])c1. The lowest BCUT2D eigenvalue weighted by Gasteiger charge is -2.39.